The molecule has 7 nitrogen and oxygen atoms in total. The summed E-state index contributed by atoms with van der Waals surface area (Å²) >= 11 is 0. The Morgan fingerprint density at radius 1 is 0.921 bits per heavy atom. The van der Waals surface area contributed by atoms with E-state index in [0.29, 0.717) is 37.1 Å². The van der Waals surface area contributed by atoms with Gasteiger partial charge in [-0.2, -0.15) is 0 Å². The van der Waals surface area contributed by atoms with Crippen molar-refractivity contribution in [3.63, 3.8) is 0 Å². The predicted octanol–water partition coefficient (Wildman–Crippen LogP) is 6.36. The van der Waals surface area contributed by atoms with E-state index in [1.54, 1.807) is 0 Å². The van der Waals surface area contributed by atoms with Crippen LogP contribution in [-0.4, -0.2) is 42.3 Å². The van der Waals surface area contributed by atoms with Crippen molar-refractivity contribution in [3.8, 4) is 17.0 Å². The molecule has 38 heavy (non-hydrogen) atoms. The Labute approximate surface area is 225 Å². The van der Waals surface area contributed by atoms with Crippen LogP contribution in [-0.2, 0) is 4.74 Å². The summed E-state index contributed by atoms with van der Waals surface area (Å²) in [6.45, 7) is 9.43. The summed E-state index contributed by atoms with van der Waals surface area (Å²) in [5.41, 5.74) is 2.63. The second kappa shape index (κ2) is 12.3. The molecule has 1 fully saturated rings. The molecule has 4 rings (SSSR count). The first-order valence-corrected chi connectivity index (χ1v) is 13.6. The third-order valence-electron chi connectivity index (χ3n) is 6.87. The van der Waals surface area contributed by atoms with Crippen LogP contribution < -0.4 is 15.4 Å². The number of nitrogens with zero attached hydrogens (tertiary/aromatic N) is 1. The third-order valence-corrected chi connectivity index (χ3v) is 6.87. The van der Waals surface area contributed by atoms with Gasteiger partial charge in [0.2, 0.25) is 0 Å². The van der Waals surface area contributed by atoms with Gasteiger partial charge in [-0.25, -0.2) is 9.78 Å². The van der Waals surface area contributed by atoms with Crippen molar-refractivity contribution in [1.82, 2.24) is 15.6 Å². The highest BCUT2D eigenvalue weighted by atomic mass is 16.6. The Balaban J connectivity index is 1.36. The lowest BCUT2D eigenvalue weighted by atomic mass is 9.82. The minimum atomic E-state index is -0.491. The molecule has 202 valence electrons. The Morgan fingerprint density at radius 3 is 2.18 bits per heavy atom. The molecule has 2 aromatic carbocycles. The Bertz CT molecular complexity index is 1240. The molecule has 0 saturated heterocycles. The fraction of sp³-hybridized carbons (Fsp3) is 0.452. The highest BCUT2D eigenvalue weighted by molar-refractivity contribution is 6.07. The maximum absolute atomic E-state index is 13.4. The lowest BCUT2D eigenvalue weighted by Gasteiger charge is -2.29. The zero-order valence-corrected chi connectivity index (χ0v) is 22.9. The van der Waals surface area contributed by atoms with Gasteiger partial charge in [0.25, 0.3) is 5.91 Å². The van der Waals surface area contributed by atoms with Gasteiger partial charge in [-0.05, 0) is 102 Å². The van der Waals surface area contributed by atoms with Gasteiger partial charge in [0.15, 0.2) is 0 Å². The number of aromatic nitrogens is 1. The fourth-order valence-electron chi connectivity index (χ4n) is 4.91. The number of carbonyl (C=O) groups is 2. The second-order valence-corrected chi connectivity index (χ2v) is 11.0. The Hall–Kier alpha value is -3.61. The van der Waals surface area contributed by atoms with Crippen LogP contribution >= 0.6 is 0 Å². The molecular formula is C31H39N3O4. The maximum atomic E-state index is 13.4. The van der Waals surface area contributed by atoms with Crippen LogP contribution in [0.2, 0.25) is 0 Å². The van der Waals surface area contributed by atoms with Gasteiger partial charge in [-0.15, -0.1) is 0 Å². The monoisotopic (exact) mass is 517 g/mol. The van der Waals surface area contributed by atoms with Gasteiger partial charge in [-0.3, -0.25) is 4.79 Å². The summed E-state index contributed by atoms with van der Waals surface area (Å²) in [5.74, 6) is 1.60. The lowest BCUT2D eigenvalue weighted by Crippen LogP contribution is -2.37. The molecule has 1 aliphatic rings. The highest BCUT2D eigenvalue weighted by Gasteiger charge is 2.24. The molecule has 0 atom stereocenters. The summed E-state index contributed by atoms with van der Waals surface area (Å²) in [4.78, 5) is 30.1. The molecule has 2 N–H and O–H groups in total. The maximum Gasteiger partial charge on any atom is 0.407 e. The van der Waals surface area contributed by atoms with E-state index in [1.807, 2.05) is 82.3 Å². The number of fused-ring (bicyclic) bond motifs is 1. The molecule has 1 aromatic heterocycles. The smallest absolute Gasteiger partial charge is 0.407 e. The van der Waals surface area contributed by atoms with Gasteiger partial charge in [-0.1, -0.05) is 18.2 Å². The molecule has 3 aromatic rings. The van der Waals surface area contributed by atoms with Gasteiger partial charge in [0.05, 0.1) is 23.4 Å². The first kappa shape index (κ1) is 27.4. The molecule has 1 aliphatic carbocycles. The number of nitrogens with one attached hydrogen (secondary N) is 2. The van der Waals surface area contributed by atoms with E-state index in [9.17, 15) is 9.59 Å². The van der Waals surface area contributed by atoms with E-state index in [1.165, 1.54) is 0 Å². The average molecular weight is 518 g/mol. The highest BCUT2D eigenvalue weighted by Crippen LogP contribution is 2.29. The second-order valence-electron chi connectivity index (χ2n) is 11.0. The lowest BCUT2D eigenvalue weighted by molar-refractivity contribution is 0.0512. The van der Waals surface area contributed by atoms with E-state index in [-0.39, 0.29) is 12.0 Å². The van der Waals surface area contributed by atoms with Crippen LogP contribution in [0.15, 0.2) is 54.6 Å². The fourth-order valence-corrected chi connectivity index (χ4v) is 4.91. The molecule has 1 saturated carbocycles. The van der Waals surface area contributed by atoms with Crippen LogP contribution in [0.5, 0.6) is 5.75 Å². The molecule has 7 heteroatoms. The van der Waals surface area contributed by atoms with Gasteiger partial charge < -0.3 is 20.1 Å². The summed E-state index contributed by atoms with van der Waals surface area (Å²) in [6, 6.07) is 17.4. The Morgan fingerprint density at radius 2 is 1.55 bits per heavy atom. The summed E-state index contributed by atoms with van der Waals surface area (Å²) in [6.07, 6.45) is 3.73. The van der Waals surface area contributed by atoms with Crippen molar-refractivity contribution in [2.24, 2.45) is 11.8 Å². The van der Waals surface area contributed by atoms with Crippen molar-refractivity contribution < 1.29 is 19.1 Å². The number of hydrogen-bond donors (Lipinski definition) is 2. The first-order chi connectivity index (χ1) is 18.2. The van der Waals surface area contributed by atoms with Crippen LogP contribution in [0.1, 0.15) is 63.7 Å². The van der Waals surface area contributed by atoms with Crippen molar-refractivity contribution in [2.45, 2.75) is 59.0 Å². The van der Waals surface area contributed by atoms with Gasteiger partial charge in [0, 0.05) is 24.0 Å². The largest absolute Gasteiger partial charge is 0.494 e. The minimum Gasteiger partial charge on any atom is -0.494 e. The molecule has 0 bridgehead atoms. The van der Waals surface area contributed by atoms with Crippen LogP contribution in [0.4, 0.5) is 4.79 Å². The normalized spacial score (nSPS) is 17.6. The summed E-state index contributed by atoms with van der Waals surface area (Å²) in [5, 5.41) is 6.92. The van der Waals surface area contributed by atoms with E-state index >= 15 is 0 Å². The number of para-hydroxylation sites is 1. The number of amides is 2. The molecule has 2 amide bonds. The Kier molecular flexibility index (Phi) is 8.87. The van der Waals surface area contributed by atoms with Gasteiger partial charge >= 0.3 is 6.09 Å². The molecular weight excluding hydrogens is 478 g/mol. The summed E-state index contributed by atoms with van der Waals surface area (Å²) < 4.78 is 10.9. The predicted molar refractivity (Wildman–Crippen MR) is 150 cm³/mol. The van der Waals surface area contributed by atoms with Gasteiger partial charge in [0.1, 0.15) is 11.4 Å². The van der Waals surface area contributed by atoms with E-state index in [4.69, 9.17) is 14.5 Å². The first-order valence-electron chi connectivity index (χ1n) is 13.6. The number of rotatable bonds is 8. The van der Waals surface area contributed by atoms with Crippen LogP contribution in [0.3, 0.4) is 0 Å². The van der Waals surface area contributed by atoms with Crippen molar-refractivity contribution in [1.29, 1.82) is 0 Å². The van der Waals surface area contributed by atoms with E-state index in [2.05, 4.69) is 10.6 Å². The number of alkyl carbamates (subject to hydrolysis) is 1. The molecule has 1 heterocycles. The standard InChI is InChI=1S/C31H39N3O4/c1-5-37-24-16-14-23(15-17-24)28-18-26(25-8-6-7-9-27(25)34-28)29(35)32-19-21-10-12-22(13-11-21)20-33-30(36)38-31(2,3)4/h6-9,14-18,21-22H,5,10-13,19-20H2,1-4H3,(H,32,35)(H,33,36). The molecule has 0 radical (unpaired) electrons. The van der Waals surface area contributed by atoms with Crippen molar-refractivity contribution in [3.05, 3.63) is 60.2 Å². The molecule has 0 aliphatic heterocycles. The quantitative estimate of drug-likeness (QED) is 0.363. The zero-order valence-electron chi connectivity index (χ0n) is 22.9. The number of hydrogen-bond acceptors (Lipinski definition) is 5. The van der Waals surface area contributed by atoms with Crippen molar-refractivity contribution >= 4 is 22.9 Å². The molecule has 0 unspecified atom stereocenters. The van der Waals surface area contributed by atoms with E-state index in [0.717, 1.165) is 53.6 Å². The summed E-state index contributed by atoms with van der Waals surface area (Å²) in [7, 11) is 0. The number of benzene rings is 2. The third kappa shape index (κ3) is 7.46. The average Bonchev–Trinajstić information content (AvgIpc) is 2.90. The number of ether oxygens (including phenoxy) is 2. The van der Waals surface area contributed by atoms with Crippen molar-refractivity contribution in [2.75, 3.05) is 19.7 Å². The van der Waals surface area contributed by atoms with Crippen LogP contribution in [0.25, 0.3) is 22.2 Å². The van der Waals surface area contributed by atoms with Crippen LogP contribution in [0, 0.1) is 11.8 Å². The minimum absolute atomic E-state index is 0.0792. The van der Waals surface area contributed by atoms with E-state index < -0.39 is 5.60 Å². The topological polar surface area (TPSA) is 89.6 Å². The molecule has 0 spiro atoms. The zero-order chi connectivity index (χ0) is 27.1. The number of pyridine rings is 1. The SMILES string of the molecule is CCOc1ccc(-c2cc(C(=O)NCC3CCC(CNC(=O)OC(C)(C)C)CC3)c3ccccc3n2)cc1. The number of carbonyl (C=O) groups excluding carboxylic acids is 2.